The van der Waals surface area contributed by atoms with Gasteiger partial charge in [-0.1, -0.05) is 20.8 Å². The Kier molecular flexibility index (Phi) is 4.63. The van der Waals surface area contributed by atoms with E-state index in [1.165, 1.54) is 6.42 Å². The van der Waals surface area contributed by atoms with Gasteiger partial charge < -0.3 is 10.6 Å². The average molecular weight is 225 g/mol. The molecule has 0 saturated heterocycles. The molecule has 0 radical (unpaired) electrons. The van der Waals surface area contributed by atoms with Crippen molar-refractivity contribution in [3.8, 4) is 0 Å². The molecule has 94 valence electrons. The van der Waals surface area contributed by atoms with Crippen LogP contribution in [-0.2, 0) is 0 Å². The lowest BCUT2D eigenvalue weighted by atomic mass is 10.1. The van der Waals surface area contributed by atoms with E-state index in [0.29, 0.717) is 11.5 Å². The highest BCUT2D eigenvalue weighted by Gasteiger charge is 2.45. The summed E-state index contributed by atoms with van der Waals surface area (Å²) in [5, 5.41) is 6.71. The molecule has 0 heterocycles. The highest BCUT2D eigenvalue weighted by Crippen LogP contribution is 2.51. The Labute approximate surface area is 100 Å². The average Bonchev–Trinajstić information content (AvgIpc) is 2.83. The second kappa shape index (κ2) is 5.55. The van der Waals surface area contributed by atoms with Gasteiger partial charge in [-0.2, -0.15) is 0 Å². The number of guanidine groups is 1. The molecule has 1 aliphatic rings. The second-order valence-electron chi connectivity index (χ2n) is 5.56. The van der Waals surface area contributed by atoms with Crippen molar-refractivity contribution < 1.29 is 0 Å². The van der Waals surface area contributed by atoms with Crippen LogP contribution in [0, 0.1) is 11.3 Å². The topological polar surface area (TPSA) is 36.4 Å². The first-order chi connectivity index (χ1) is 7.49. The lowest BCUT2D eigenvalue weighted by Crippen LogP contribution is -2.42. The van der Waals surface area contributed by atoms with Gasteiger partial charge in [0.1, 0.15) is 0 Å². The summed E-state index contributed by atoms with van der Waals surface area (Å²) in [7, 11) is 0. The second-order valence-corrected chi connectivity index (χ2v) is 5.56. The fraction of sp³-hybridized carbons (Fsp3) is 0.923. The number of nitrogens with one attached hydrogen (secondary N) is 2. The van der Waals surface area contributed by atoms with E-state index in [1.807, 2.05) is 0 Å². The van der Waals surface area contributed by atoms with Gasteiger partial charge in [-0.25, -0.2) is 0 Å². The van der Waals surface area contributed by atoms with Crippen LogP contribution < -0.4 is 10.6 Å². The summed E-state index contributed by atoms with van der Waals surface area (Å²) < 4.78 is 0. The molecular formula is C13H27N3. The predicted molar refractivity (Wildman–Crippen MR) is 70.8 cm³/mol. The van der Waals surface area contributed by atoms with Gasteiger partial charge in [0.2, 0.25) is 0 Å². The van der Waals surface area contributed by atoms with Crippen molar-refractivity contribution in [3.63, 3.8) is 0 Å². The fourth-order valence-corrected chi connectivity index (χ4v) is 1.74. The molecule has 0 bridgehead atoms. The van der Waals surface area contributed by atoms with E-state index in [0.717, 1.165) is 31.4 Å². The van der Waals surface area contributed by atoms with Crippen LogP contribution in [0.25, 0.3) is 0 Å². The van der Waals surface area contributed by atoms with Gasteiger partial charge in [0.05, 0.1) is 0 Å². The molecule has 2 unspecified atom stereocenters. The van der Waals surface area contributed by atoms with Crippen molar-refractivity contribution in [2.75, 3.05) is 13.1 Å². The molecule has 0 amide bonds. The van der Waals surface area contributed by atoms with Crippen LogP contribution in [0.15, 0.2) is 4.99 Å². The molecule has 3 nitrogen and oxygen atoms in total. The highest BCUT2D eigenvalue weighted by molar-refractivity contribution is 5.80. The Morgan fingerprint density at radius 3 is 2.50 bits per heavy atom. The molecule has 16 heavy (non-hydrogen) atoms. The van der Waals surface area contributed by atoms with Crippen molar-refractivity contribution >= 4 is 5.96 Å². The third-order valence-electron chi connectivity index (χ3n) is 3.53. The SMILES string of the molecule is CCNC(=NCC1CC1(C)C)NC(C)CC. The molecular weight excluding hydrogens is 198 g/mol. The maximum absolute atomic E-state index is 4.65. The summed E-state index contributed by atoms with van der Waals surface area (Å²) in [5.41, 5.74) is 0.525. The summed E-state index contributed by atoms with van der Waals surface area (Å²) in [5.74, 6) is 1.75. The Morgan fingerprint density at radius 2 is 2.06 bits per heavy atom. The quantitative estimate of drug-likeness (QED) is 0.557. The Bertz CT molecular complexity index is 246. The van der Waals surface area contributed by atoms with E-state index in [2.05, 4.69) is 50.2 Å². The zero-order chi connectivity index (χ0) is 12.2. The molecule has 2 N–H and O–H groups in total. The zero-order valence-electron chi connectivity index (χ0n) is 11.4. The van der Waals surface area contributed by atoms with Crippen LogP contribution >= 0.6 is 0 Å². The first kappa shape index (κ1) is 13.3. The van der Waals surface area contributed by atoms with Crippen molar-refractivity contribution in [1.82, 2.24) is 10.6 Å². The molecule has 1 fully saturated rings. The summed E-state index contributed by atoms with van der Waals surface area (Å²) >= 11 is 0. The lowest BCUT2D eigenvalue weighted by Gasteiger charge is -2.16. The maximum atomic E-state index is 4.65. The minimum atomic E-state index is 0.491. The van der Waals surface area contributed by atoms with Gasteiger partial charge >= 0.3 is 0 Å². The van der Waals surface area contributed by atoms with Crippen LogP contribution in [0.1, 0.15) is 47.5 Å². The molecule has 0 spiro atoms. The van der Waals surface area contributed by atoms with Gasteiger partial charge in [-0.05, 0) is 38.0 Å². The minimum Gasteiger partial charge on any atom is -0.357 e. The van der Waals surface area contributed by atoms with Crippen LogP contribution in [0.5, 0.6) is 0 Å². The number of hydrogen-bond donors (Lipinski definition) is 2. The number of hydrogen-bond acceptors (Lipinski definition) is 1. The van der Waals surface area contributed by atoms with Crippen molar-refractivity contribution in [1.29, 1.82) is 0 Å². The van der Waals surface area contributed by atoms with Gasteiger partial charge in [-0.3, -0.25) is 4.99 Å². The number of aliphatic imine (C=N–C) groups is 1. The molecule has 3 heteroatoms. The van der Waals surface area contributed by atoms with E-state index in [9.17, 15) is 0 Å². The normalized spacial score (nSPS) is 25.1. The fourth-order valence-electron chi connectivity index (χ4n) is 1.74. The van der Waals surface area contributed by atoms with Gasteiger partial charge in [0, 0.05) is 19.1 Å². The molecule has 1 saturated carbocycles. The highest BCUT2D eigenvalue weighted by atomic mass is 15.2. The maximum Gasteiger partial charge on any atom is 0.191 e. The Balaban J connectivity index is 2.39. The van der Waals surface area contributed by atoms with Gasteiger partial charge in [0.15, 0.2) is 5.96 Å². The molecule has 0 aromatic rings. The molecule has 1 rings (SSSR count). The van der Waals surface area contributed by atoms with E-state index in [-0.39, 0.29) is 0 Å². The van der Waals surface area contributed by atoms with Crippen LogP contribution in [0.4, 0.5) is 0 Å². The van der Waals surface area contributed by atoms with E-state index in [1.54, 1.807) is 0 Å². The molecule has 0 aromatic carbocycles. The van der Waals surface area contributed by atoms with Gasteiger partial charge in [-0.15, -0.1) is 0 Å². The van der Waals surface area contributed by atoms with Crippen LogP contribution in [0.3, 0.4) is 0 Å². The molecule has 2 atom stereocenters. The molecule has 0 aromatic heterocycles. The summed E-state index contributed by atoms with van der Waals surface area (Å²) in [6, 6.07) is 0.491. The summed E-state index contributed by atoms with van der Waals surface area (Å²) in [6.45, 7) is 13.0. The Hall–Kier alpha value is -0.730. The third kappa shape index (κ3) is 4.03. The van der Waals surface area contributed by atoms with E-state index < -0.39 is 0 Å². The molecule has 1 aliphatic carbocycles. The van der Waals surface area contributed by atoms with Crippen molar-refractivity contribution in [2.24, 2.45) is 16.3 Å². The zero-order valence-corrected chi connectivity index (χ0v) is 11.4. The third-order valence-corrected chi connectivity index (χ3v) is 3.53. The van der Waals surface area contributed by atoms with E-state index in [4.69, 9.17) is 0 Å². The van der Waals surface area contributed by atoms with Crippen LogP contribution in [0.2, 0.25) is 0 Å². The van der Waals surface area contributed by atoms with Crippen molar-refractivity contribution in [3.05, 3.63) is 0 Å². The standard InChI is InChI=1S/C13H27N3/c1-6-10(3)16-12(14-7-2)15-9-11-8-13(11,4)5/h10-11H,6-9H2,1-5H3,(H2,14,15,16). The first-order valence-electron chi connectivity index (χ1n) is 6.54. The predicted octanol–water partition coefficient (Wildman–Crippen LogP) is 2.39. The first-order valence-corrected chi connectivity index (χ1v) is 6.54. The van der Waals surface area contributed by atoms with Crippen LogP contribution in [-0.4, -0.2) is 25.1 Å². The number of nitrogens with zero attached hydrogens (tertiary/aromatic N) is 1. The lowest BCUT2D eigenvalue weighted by molar-refractivity contribution is 0.561. The largest absolute Gasteiger partial charge is 0.357 e. The van der Waals surface area contributed by atoms with Crippen molar-refractivity contribution in [2.45, 2.75) is 53.5 Å². The minimum absolute atomic E-state index is 0.491. The summed E-state index contributed by atoms with van der Waals surface area (Å²) in [4.78, 5) is 4.65. The number of rotatable bonds is 5. The monoisotopic (exact) mass is 225 g/mol. The summed E-state index contributed by atoms with van der Waals surface area (Å²) in [6.07, 6.45) is 2.44. The van der Waals surface area contributed by atoms with E-state index >= 15 is 0 Å². The van der Waals surface area contributed by atoms with Gasteiger partial charge in [0.25, 0.3) is 0 Å². The molecule has 0 aliphatic heterocycles. The Morgan fingerprint density at radius 1 is 1.44 bits per heavy atom. The smallest absolute Gasteiger partial charge is 0.191 e.